The van der Waals surface area contributed by atoms with E-state index in [4.69, 9.17) is 0 Å². The fourth-order valence-corrected chi connectivity index (χ4v) is 3.27. The number of nitrogens with one attached hydrogen (secondary N) is 1. The number of rotatable bonds is 2. The van der Waals surface area contributed by atoms with Crippen LogP contribution in [-0.4, -0.2) is 19.1 Å². The van der Waals surface area contributed by atoms with Crippen molar-refractivity contribution in [2.45, 2.75) is 64.8 Å². The van der Waals surface area contributed by atoms with Crippen LogP contribution < -0.4 is 4.72 Å². The molecular weight excluding hydrogens is 258 g/mol. The summed E-state index contributed by atoms with van der Waals surface area (Å²) in [6.07, 6.45) is 2.79. The van der Waals surface area contributed by atoms with Crippen LogP contribution in [0.4, 0.5) is 0 Å². The zero-order chi connectivity index (χ0) is 14.4. The van der Waals surface area contributed by atoms with E-state index < -0.39 is 11.4 Å². The average Bonchev–Trinajstić information content (AvgIpc) is 2.77. The molecular formula is C14H25N3OS. The summed E-state index contributed by atoms with van der Waals surface area (Å²) in [6.45, 7) is 12.7. The fraction of sp³-hybridized carbons (Fsp3) is 0.786. The lowest BCUT2D eigenvalue weighted by Crippen LogP contribution is -2.40. The highest BCUT2D eigenvalue weighted by Gasteiger charge is 2.41. The molecule has 1 aromatic heterocycles. The van der Waals surface area contributed by atoms with Gasteiger partial charge in [0.25, 0.3) is 0 Å². The van der Waals surface area contributed by atoms with Crippen molar-refractivity contribution in [1.29, 1.82) is 0 Å². The Morgan fingerprint density at radius 2 is 1.95 bits per heavy atom. The predicted molar refractivity (Wildman–Crippen MR) is 79.1 cm³/mol. The number of aromatic nitrogens is 2. The highest BCUT2D eigenvalue weighted by molar-refractivity contribution is 7.90. The Balaban J connectivity index is 2.19. The third kappa shape index (κ3) is 2.98. The largest absolute Gasteiger partial charge is 0.598 e. The molecule has 1 N–H and O–H groups in total. The van der Waals surface area contributed by atoms with Gasteiger partial charge in [-0.3, -0.25) is 4.68 Å². The van der Waals surface area contributed by atoms with E-state index in [-0.39, 0.29) is 16.2 Å². The van der Waals surface area contributed by atoms with Gasteiger partial charge in [-0.2, -0.15) is 5.10 Å². The van der Waals surface area contributed by atoms with Crippen molar-refractivity contribution in [2.24, 2.45) is 5.41 Å². The van der Waals surface area contributed by atoms with Crippen molar-refractivity contribution >= 4 is 11.4 Å². The Labute approximate surface area is 119 Å². The lowest BCUT2D eigenvalue weighted by Gasteiger charge is -2.28. The van der Waals surface area contributed by atoms with Gasteiger partial charge in [-0.1, -0.05) is 20.8 Å². The van der Waals surface area contributed by atoms with Crippen LogP contribution in [0.1, 0.15) is 65.7 Å². The predicted octanol–water partition coefficient (Wildman–Crippen LogP) is 2.97. The zero-order valence-corrected chi connectivity index (χ0v) is 13.5. The van der Waals surface area contributed by atoms with E-state index in [0.717, 1.165) is 12.1 Å². The quantitative estimate of drug-likeness (QED) is 0.849. The van der Waals surface area contributed by atoms with Gasteiger partial charge in [0.2, 0.25) is 0 Å². The molecule has 1 aromatic rings. The molecule has 0 spiro atoms. The molecule has 3 atom stereocenters. The molecule has 108 valence electrons. The minimum Gasteiger partial charge on any atom is -0.598 e. The van der Waals surface area contributed by atoms with Crippen LogP contribution in [-0.2, 0) is 11.4 Å². The Hall–Kier alpha value is -0.520. The fourth-order valence-electron chi connectivity index (χ4n) is 2.44. The number of nitrogens with zero attached hydrogens (tertiary/aromatic N) is 2. The highest BCUT2D eigenvalue weighted by Crippen LogP contribution is 2.44. The van der Waals surface area contributed by atoms with Crippen LogP contribution in [0, 0.1) is 5.41 Å². The molecule has 1 aliphatic heterocycles. The molecule has 0 radical (unpaired) electrons. The van der Waals surface area contributed by atoms with Gasteiger partial charge in [0.05, 0.1) is 17.8 Å². The third-order valence-corrected chi connectivity index (χ3v) is 5.23. The average molecular weight is 283 g/mol. The van der Waals surface area contributed by atoms with Crippen molar-refractivity contribution in [3.05, 3.63) is 18.0 Å². The van der Waals surface area contributed by atoms with E-state index in [2.05, 4.69) is 35.3 Å². The van der Waals surface area contributed by atoms with Gasteiger partial charge in [-0.05, 0) is 38.7 Å². The number of hydrogen-bond donors (Lipinski definition) is 1. The molecule has 2 rings (SSSR count). The maximum Gasteiger partial charge on any atom is 0.136 e. The van der Waals surface area contributed by atoms with Gasteiger partial charge >= 0.3 is 0 Å². The lowest BCUT2D eigenvalue weighted by atomic mass is 9.85. The zero-order valence-electron chi connectivity index (χ0n) is 12.7. The first-order valence-corrected chi connectivity index (χ1v) is 7.97. The van der Waals surface area contributed by atoms with E-state index >= 15 is 0 Å². The Kier molecular flexibility index (Phi) is 3.75. The smallest absolute Gasteiger partial charge is 0.136 e. The standard InChI is InChI=1S/C14H25N3OS/c1-13(2,3)12-9-10(11-7-8-15-17(11)12)16-19(18)14(4,5)6/h7-8,10,12,16H,9H2,1-6H3/t10-,12?,19?/m1/s1. The van der Waals surface area contributed by atoms with E-state index in [1.807, 2.05) is 33.0 Å². The normalized spacial score (nSPS) is 25.4. The summed E-state index contributed by atoms with van der Waals surface area (Å²) in [7, 11) is 0. The summed E-state index contributed by atoms with van der Waals surface area (Å²) < 4.78 is 17.4. The first kappa shape index (κ1) is 14.9. The summed E-state index contributed by atoms with van der Waals surface area (Å²) >= 11 is -1.05. The Morgan fingerprint density at radius 1 is 1.32 bits per heavy atom. The second kappa shape index (κ2) is 4.79. The molecule has 0 saturated heterocycles. The van der Waals surface area contributed by atoms with Crippen molar-refractivity contribution in [3.63, 3.8) is 0 Å². The minimum absolute atomic E-state index is 0.131. The second-order valence-electron chi connectivity index (χ2n) is 7.37. The lowest BCUT2D eigenvalue weighted by molar-refractivity contribution is 0.229. The summed E-state index contributed by atoms with van der Waals surface area (Å²) in [5.74, 6) is 0. The van der Waals surface area contributed by atoms with E-state index in [9.17, 15) is 4.55 Å². The number of hydrogen-bond acceptors (Lipinski definition) is 3. The number of fused-ring (bicyclic) bond motifs is 1. The summed E-state index contributed by atoms with van der Waals surface area (Å²) in [5, 5.41) is 4.44. The van der Waals surface area contributed by atoms with Crippen LogP contribution in [0.3, 0.4) is 0 Å². The third-order valence-electron chi connectivity index (χ3n) is 3.62. The molecule has 0 aromatic carbocycles. The molecule has 1 aliphatic rings. The SMILES string of the molecule is CC(C)(C)C1C[C@@H](N[S+]([O-])C(C)(C)C)c2ccnn21. The van der Waals surface area contributed by atoms with Gasteiger partial charge in [-0.15, -0.1) is 4.72 Å². The topological polar surface area (TPSA) is 52.9 Å². The summed E-state index contributed by atoms with van der Waals surface area (Å²) in [5.41, 5.74) is 1.30. The minimum atomic E-state index is -1.05. The molecule has 0 saturated carbocycles. The van der Waals surface area contributed by atoms with Crippen molar-refractivity contribution in [1.82, 2.24) is 14.5 Å². The summed E-state index contributed by atoms with van der Waals surface area (Å²) in [4.78, 5) is 0. The van der Waals surface area contributed by atoms with Crippen LogP contribution in [0.15, 0.2) is 12.3 Å². The molecule has 0 bridgehead atoms. The maximum absolute atomic E-state index is 12.3. The molecule has 2 heterocycles. The van der Waals surface area contributed by atoms with Crippen molar-refractivity contribution in [2.75, 3.05) is 0 Å². The van der Waals surface area contributed by atoms with E-state index in [0.29, 0.717) is 6.04 Å². The van der Waals surface area contributed by atoms with Gasteiger partial charge < -0.3 is 4.55 Å². The van der Waals surface area contributed by atoms with Crippen LogP contribution in [0.2, 0.25) is 0 Å². The van der Waals surface area contributed by atoms with Gasteiger partial charge in [0.15, 0.2) is 0 Å². The molecule has 0 amide bonds. The molecule has 19 heavy (non-hydrogen) atoms. The van der Waals surface area contributed by atoms with E-state index in [1.165, 1.54) is 0 Å². The van der Waals surface area contributed by atoms with Crippen LogP contribution >= 0.6 is 0 Å². The Morgan fingerprint density at radius 3 is 2.47 bits per heavy atom. The maximum atomic E-state index is 12.3. The Bertz CT molecular complexity index is 444. The van der Waals surface area contributed by atoms with Crippen LogP contribution in [0.5, 0.6) is 0 Å². The molecule has 5 heteroatoms. The van der Waals surface area contributed by atoms with E-state index in [1.54, 1.807) is 0 Å². The van der Waals surface area contributed by atoms with Crippen molar-refractivity contribution < 1.29 is 4.55 Å². The van der Waals surface area contributed by atoms with Crippen molar-refractivity contribution in [3.8, 4) is 0 Å². The molecule has 0 aliphatic carbocycles. The van der Waals surface area contributed by atoms with Gasteiger partial charge in [0.1, 0.15) is 4.75 Å². The van der Waals surface area contributed by atoms with Gasteiger partial charge in [-0.25, -0.2) is 0 Å². The first-order chi connectivity index (χ1) is 8.60. The van der Waals surface area contributed by atoms with Gasteiger partial charge in [0, 0.05) is 17.6 Å². The molecule has 4 nitrogen and oxygen atoms in total. The molecule has 0 fully saturated rings. The van der Waals surface area contributed by atoms with Crippen LogP contribution in [0.25, 0.3) is 0 Å². The second-order valence-corrected chi connectivity index (χ2v) is 9.37. The highest BCUT2D eigenvalue weighted by atomic mass is 32.2. The summed E-state index contributed by atoms with van der Waals surface area (Å²) in [6, 6.07) is 2.52. The first-order valence-electron chi connectivity index (χ1n) is 6.82. The molecule has 2 unspecified atom stereocenters. The monoisotopic (exact) mass is 283 g/mol.